The highest BCUT2D eigenvalue weighted by Gasteiger charge is 2.37. The van der Waals surface area contributed by atoms with Crippen LogP contribution in [0.1, 0.15) is 94.3 Å². The van der Waals surface area contributed by atoms with Gasteiger partial charge in [-0.15, -0.1) is 0 Å². The van der Waals surface area contributed by atoms with E-state index in [0.717, 1.165) is 53.1 Å². The number of hydrogen-bond acceptors (Lipinski definition) is 5. The van der Waals surface area contributed by atoms with Gasteiger partial charge in [-0.2, -0.15) is 13.2 Å². The summed E-state index contributed by atoms with van der Waals surface area (Å²) >= 11 is 0. The molecule has 3 heterocycles. The van der Waals surface area contributed by atoms with Gasteiger partial charge < -0.3 is 15.2 Å². The molecule has 0 saturated heterocycles. The highest BCUT2D eigenvalue weighted by molar-refractivity contribution is 5.65. The Morgan fingerprint density at radius 1 is 1.10 bits per heavy atom. The molecule has 3 aromatic rings. The van der Waals surface area contributed by atoms with Crippen LogP contribution in [0, 0.1) is 0 Å². The molecule has 5 rings (SSSR count). The van der Waals surface area contributed by atoms with Gasteiger partial charge in [0.2, 0.25) is 0 Å². The van der Waals surface area contributed by atoms with Gasteiger partial charge in [0.15, 0.2) is 11.5 Å². The monoisotopic (exact) mass is 550 g/mol. The number of imidazole rings is 1. The second-order valence-electron chi connectivity index (χ2n) is 11.9. The summed E-state index contributed by atoms with van der Waals surface area (Å²) in [5, 5.41) is 6.77. The molecule has 0 spiro atoms. The molecule has 1 aliphatic carbocycles. The van der Waals surface area contributed by atoms with E-state index in [9.17, 15) is 13.2 Å². The number of hydrogen-bond donors (Lipinski definition) is 2. The van der Waals surface area contributed by atoms with Crippen LogP contribution in [0.15, 0.2) is 54.4 Å². The van der Waals surface area contributed by atoms with E-state index in [1.807, 2.05) is 38.3 Å². The molecule has 0 fully saturated rings. The fourth-order valence-corrected chi connectivity index (χ4v) is 5.47. The molecule has 212 valence electrons. The first-order valence-corrected chi connectivity index (χ1v) is 13.9. The predicted octanol–water partition coefficient (Wildman–Crippen LogP) is 7.48. The lowest BCUT2D eigenvalue weighted by Gasteiger charge is -2.22. The number of aromatic nitrogens is 4. The number of alkyl halides is 3. The van der Waals surface area contributed by atoms with Crippen LogP contribution in [-0.4, -0.2) is 26.1 Å². The SMILES string of the molecule is CC(C)c1ccccc1-c1nc(NCC2=CNC(c3nc(C(F)(F)F)cn3C(C)C)C=C2)c2c(n1)C(C)(C)CC2. The van der Waals surface area contributed by atoms with E-state index in [1.165, 1.54) is 5.56 Å². The fraction of sp³-hybridized carbons (Fsp3) is 0.452. The van der Waals surface area contributed by atoms with Gasteiger partial charge in [-0.05, 0) is 43.7 Å². The van der Waals surface area contributed by atoms with Crippen LogP contribution in [-0.2, 0) is 18.0 Å². The summed E-state index contributed by atoms with van der Waals surface area (Å²) in [6.45, 7) is 13.0. The van der Waals surface area contributed by atoms with E-state index in [0.29, 0.717) is 18.3 Å². The average Bonchev–Trinajstić information content (AvgIpc) is 3.50. The predicted molar refractivity (Wildman–Crippen MR) is 152 cm³/mol. The lowest BCUT2D eigenvalue weighted by Crippen LogP contribution is -2.23. The molecule has 2 aromatic heterocycles. The number of benzene rings is 1. The van der Waals surface area contributed by atoms with Crippen molar-refractivity contribution < 1.29 is 13.2 Å². The topological polar surface area (TPSA) is 67.7 Å². The van der Waals surface area contributed by atoms with Gasteiger partial charge >= 0.3 is 6.18 Å². The van der Waals surface area contributed by atoms with Crippen molar-refractivity contribution in [3.63, 3.8) is 0 Å². The molecule has 0 bridgehead atoms. The highest BCUT2D eigenvalue weighted by atomic mass is 19.4. The van der Waals surface area contributed by atoms with Crippen molar-refractivity contribution in [2.75, 3.05) is 11.9 Å². The number of dihydropyridines is 1. The van der Waals surface area contributed by atoms with Crippen LogP contribution < -0.4 is 10.6 Å². The van der Waals surface area contributed by atoms with Gasteiger partial charge in [0.05, 0.1) is 5.69 Å². The molecule has 2 aliphatic rings. The summed E-state index contributed by atoms with van der Waals surface area (Å²) in [5.74, 6) is 2.25. The molecule has 1 atom stereocenters. The maximum absolute atomic E-state index is 13.3. The largest absolute Gasteiger partial charge is 0.434 e. The third kappa shape index (κ3) is 5.38. The Labute approximate surface area is 233 Å². The minimum Gasteiger partial charge on any atom is -0.378 e. The van der Waals surface area contributed by atoms with E-state index in [1.54, 1.807) is 4.57 Å². The van der Waals surface area contributed by atoms with E-state index >= 15 is 0 Å². The van der Waals surface area contributed by atoms with E-state index < -0.39 is 17.9 Å². The Bertz CT molecular complexity index is 1460. The van der Waals surface area contributed by atoms with Crippen LogP contribution >= 0.6 is 0 Å². The summed E-state index contributed by atoms with van der Waals surface area (Å²) in [6.07, 6.45) is 4.14. The van der Waals surface area contributed by atoms with Crippen molar-refractivity contribution in [1.29, 1.82) is 0 Å². The minimum absolute atomic E-state index is 0.0391. The summed E-state index contributed by atoms with van der Waals surface area (Å²) in [4.78, 5) is 14.0. The Kier molecular flexibility index (Phi) is 7.27. The third-order valence-corrected chi connectivity index (χ3v) is 7.77. The number of nitrogens with one attached hydrogen (secondary N) is 2. The Morgan fingerprint density at radius 3 is 2.50 bits per heavy atom. The van der Waals surface area contributed by atoms with Crippen LogP contribution in [0.25, 0.3) is 11.4 Å². The summed E-state index contributed by atoms with van der Waals surface area (Å²) in [7, 11) is 0. The summed E-state index contributed by atoms with van der Waals surface area (Å²) in [6, 6.07) is 7.69. The number of halogens is 3. The van der Waals surface area contributed by atoms with Crippen molar-refractivity contribution >= 4 is 5.82 Å². The van der Waals surface area contributed by atoms with Crippen molar-refractivity contribution in [2.24, 2.45) is 0 Å². The third-order valence-electron chi connectivity index (χ3n) is 7.77. The molecule has 0 amide bonds. The zero-order valence-corrected chi connectivity index (χ0v) is 23.9. The van der Waals surface area contributed by atoms with Crippen molar-refractivity contribution in [2.45, 2.75) is 84.0 Å². The van der Waals surface area contributed by atoms with Gasteiger partial charge in [-0.1, -0.05) is 64.1 Å². The first-order chi connectivity index (χ1) is 18.8. The molecule has 2 N–H and O–H groups in total. The number of anilines is 1. The second-order valence-corrected chi connectivity index (χ2v) is 11.9. The van der Waals surface area contributed by atoms with Crippen LogP contribution in [0.4, 0.5) is 19.0 Å². The fourth-order valence-electron chi connectivity index (χ4n) is 5.47. The van der Waals surface area contributed by atoms with Gasteiger partial charge in [-0.3, -0.25) is 0 Å². The molecule has 1 aliphatic heterocycles. The molecule has 0 radical (unpaired) electrons. The Balaban J connectivity index is 1.39. The standard InChI is InChI=1S/C31H37F3N6/c1-18(2)21-9-7-8-10-22(21)28-38-26-23(13-14-30(26,5)6)27(39-28)36-16-20-11-12-24(35-15-20)29-37-25(31(32,33)34)17-40(29)19(3)4/h7-12,15,17-19,24,35H,13-14,16H2,1-6H3,(H,36,38,39). The maximum Gasteiger partial charge on any atom is 0.434 e. The normalized spacial score (nSPS) is 18.2. The number of fused-ring (bicyclic) bond motifs is 1. The van der Waals surface area contributed by atoms with Crippen molar-refractivity contribution in [3.05, 3.63) is 82.7 Å². The molecule has 40 heavy (non-hydrogen) atoms. The molecule has 6 nitrogen and oxygen atoms in total. The highest BCUT2D eigenvalue weighted by Crippen LogP contribution is 2.41. The first kappa shape index (κ1) is 27.9. The first-order valence-electron chi connectivity index (χ1n) is 13.9. The molecular weight excluding hydrogens is 513 g/mol. The molecule has 1 unspecified atom stereocenters. The molecule has 9 heteroatoms. The maximum atomic E-state index is 13.3. The van der Waals surface area contributed by atoms with Gasteiger partial charge in [0.25, 0.3) is 0 Å². The van der Waals surface area contributed by atoms with Crippen LogP contribution in [0.2, 0.25) is 0 Å². The molecule has 0 saturated carbocycles. The van der Waals surface area contributed by atoms with Crippen molar-refractivity contribution in [3.8, 4) is 11.4 Å². The van der Waals surface area contributed by atoms with Crippen LogP contribution in [0.5, 0.6) is 0 Å². The van der Waals surface area contributed by atoms with E-state index in [2.05, 4.69) is 61.5 Å². The second kappa shape index (κ2) is 10.4. The molecular formula is C31H37F3N6. The average molecular weight is 551 g/mol. The van der Waals surface area contributed by atoms with Crippen LogP contribution in [0.3, 0.4) is 0 Å². The van der Waals surface area contributed by atoms with Gasteiger partial charge in [0.1, 0.15) is 17.7 Å². The van der Waals surface area contributed by atoms with Gasteiger partial charge in [0, 0.05) is 41.5 Å². The van der Waals surface area contributed by atoms with Gasteiger partial charge in [-0.25, -0.2) is 15.0 Å². The Hall–Kier alpha value is -3.62. The minimum atomic E-state index is -4.49. The zero-order chi connectivity index (χ0) is 28.8. The quantitative estimate of drug-likeness (QED) is 0.319. The number of nitrogens with zero attached hydrogens (tertiary/aromatic N) is 4. The lowest BCUT2D eigenvalue weighted by atomic mass is 9.90. The van der Waals surface area contributed by atoms with E-state index in [-0.39, 0.29) is 11.5 Å². The smallest absolute Gasteiger partial charge is 0.378 e. The summed E-state index contributed by atoms with van der Waals surface area (Å²) in [5.41, 5.74) is 4.55. The Morgan fingerprint density at radius 2 is 1.85 bits per heavy atom. The van der Waals surface area contributed by atoms with E-state index in [4.69, 9.17) is 9.97 Å². The molecule has 1 aromatic carbocycles. The number of rotatable bonds is 7. The lowest BCUT2D eigenvalue weighted by molar-refractivity contribution is -0.141. The van der Waals surface area contributed by atoms with Crippen molar-refractivity contribution in [1.82, 2.24) is 24.8 Å². The zero-order valence-electron chi connectivity index (χ0n) is 23.9. The summed E-state index contributed by atoms with van der Waals surface area (Å²) < 4.78 is 41.6.